The van der Waals surface area contributed by atoms with Crippen molar-refractivity contribution in [3.05, 3.63) is 55.8 Å². The van der Waals surface area contributed by atoms with Crippen molar-refractivity contribution < 1.29 is 4.92 Å². The second-order valence-corrected chi connectivity index (χ2v) is 6.35. The van der Waals surface area contributed by atoms with Crippen LogP contribution in [0.1, 0.15) is 29.0 Å². The number of fused-ring (bicyclic) bond motifs is 1. The Bertz CT molecular complexity index is 683. The molecule has 6 heteroatoms. The first-order valence-electron chi connectivity index (χ1n) is 6.89. The molecule has 2 aromatic rings. The Kier molecular flexibility index (Phi) is 3.65. The van der Waals surface area contributed by atoms with E-state index in [1.807, 2.05) is 17.4 Å². The van der Waals surface area contributed by atoms with Crippen LogP contribution in [-0.2, 0) is 13.0 Å². The van der Waals surface area contributed by atoms with Crippen molar-refractivity contribution in [3.8, 4) is 0 Å². The van der Waals surface area contributed by atoms with E-state index in [-0.39, 0.29) is 11.4 Å². The number of hydrogen-bond donors (Lipinski definition) is 1. The molecule has 3 rings (SSSR count). The lowest BCUT2D eigenvalue weighted by atomic mass is 10.0. The summed E-state index contributed by atoms with van der Waals surface area (Å²) < 4.78 is 0. The highest BCUT2D eigenvalue weighted by molar-refractivity contribution is 7.10. The maximum Gasteiger partial charge on any atom is 0.292 e. The van der Waals surface area contributed by atoms with Gasteiger partial charge < -0.3 is 5.73 Å². The molecule has 1 aromatic carbocycles. The average Bonchev–Trinajstić information content (AvgIpc) is 2.93. The zero-order valence-electron chi connectivity index (χ0n) is 11.8. The highest BCUT2D eigenvalue weighted by Gasteiger charge is 2.25. The molecule has 110 valence electrons. The van der Waals surface area contributed by atoms with Gasteiger partial charge in [0.2, 0.25) is 0 Å². The Hall–Kier alpha value is -1.92. The van der Waals surface area contributed by atoms with Crippen LogP contribution in [0.4, 0.5) is 11.4 Å². The number of rotatable bonds is 3. The summed E-state index contributed by atoms with van der Waals surface area (Å²) in [6.07, 6.45) is 1.05. The Balaban J connectivity index is 1.82. The number of nitro benzene ring substituents is 1. The smallest absolute Gasteiger partial charge is 0.292 e. The molecule has 0 amide bonds. The van der Waals surface area contributed by atoms with Gasteiger partial charge in [0.1, 0.15) is 5.69 Å². The number of nitrogen functional groups attached to an aromatic ring is 1. The predicted molar refractivity (Wildman–Crippen MR) is 84.4 cm³/mol. The Labute approximate surface area is 127 Å². The van der Waals surface area contributed by atoms with E-state index in [0.29, 0.717) is 12.6 Å². The second kappa shape index (κ2) is 5.46. The summed E-state index contributed by atoms with van der Waals surface area (Å²) in [6.45, 7) is 3.88. The van der Waals surface area contributed by atoms with Crippen LogP contribution < -0.4 is 5.73 Å². The summed E-state index contributed by atoms with van der Waals surface area (Å²) in [6, 6.07) is 7.61. The molecule has 0 fully saturated rings. The highest BCUT2D eigenvalue weighted by atomic mass is 32.1. The molecule has 1 atom stereocenters. The maximum atomic E-state index is 11.0. The Morgan fingerprint density at radius 1 is 1.48 bits per heavy atom. The van der Waals surface area contributed by atoms with E-state index in [1.165, 1.54) is 10.4 Å². The van der Waals surface area contributed by atoms with E-state index in [1.54, 1.807) is 12.1 Å². The van der Waals surface area contributed by atoms with Crippen LogP contribution in [0.2, 0.25) is 0 Å². The van der Waals surface area contributed by atoms with Crippen molar-refractivity contribution in [2.24, 2.45) is 0 Å². The molecular formula is C15H17N3O2S. The van der Waals surface area contributed by atoms with Crippen LogP contribution in [0.3, 0.4) is 0 Å². The number of benzene rings is 1. The van der Waals surface area contributed by atoms with Crippen molar-refractivity contribution in [3.63, 3.8) is 0 Å². The fourth-order valence-corrected chi connectivity index (χ4v) is 3.82. The fraction of sp³-hybridized carbons (Fsp3) is 0.333. The van der Waals surface area contributed by atoms with Crippen LogP contribution in [0, 0.1) is 10.1 Å². The molecule has 21 heavy (non-hydrogen) atoms. The number of hydrogen-bond acceptors (Lipinski definition) is 5. The monoisotopic (exact) mass is 303 g/mol. The number of thiophene rings is 1. The van der Waals surface area contributed by atoms with Gasteiger partial charge in [-0.1, -0.05) is 6.07 Å². The average molecular weight is 303 g/mol. The van der Waals surface area contributed by atoms with Crippen molar-refractivity contribution in [2.75, 3.05) is 12.3 Å². The van der Waals surface area contributed by atoms with Crippen molar-refractivity contribution in [1.29, 1.82) is 0 Å². The van der Waals surface area contributed by atoms with Gasteiger partial charge in [0.25, 0.3) is 5.69 Å². The van der Waals surface area contributed by atoms with E-state index in [4.69, 9.17) is 5.73 Å². The summed E-state index contributed by atoms with van der Waals surface area (Å²) in [5.41, 5.74) is 8.18. The normalized spacial score (nSPS) is 18.4. The molecule has 1 aliphatic heterocycles. The Morgan fingerprint density at radius 3 is 3.05 bits per heavy atom. The summed E-state index contributed by atoms with van der Waals surface area (Å²) >= 11 is 1.81. The number of nitrogens with zero attached hydrogens (tertiary/aromatic N) is 2. The van der Waals surface area contributed by atoms with Gasteiger partial charge in [0.05, 0.1) is 4.92 Å². The zero-order chi connectivity index (χ0) is 15.0. The van der Waals surface area contributed by atoms with E-state index in [2.05, 4.69) is 23.3 Å². The van der Waals surface area contributed by atoms with Gasteiger partial charge in [-0.15, -0.1) is 11.3 Å². The van der Waals surface area contributed by atoms with Crippen molar-refractivity contribution in [1.82, 2.24) is 4.90 Å². The van der Waals surface area contributed by atoms with Crippen molar-refractivity contribution >= 4 is 22.7 Å². The molecule has 2 N–H and O–H groups in total. The quantitative estimate of drug-likeness (QED) is 0.536. The lowest BCUT2D eigenvalue weighted by Gasteiger charge is -2.33. The number of anilines is 1. The molecule has 0 saturated carbocycles. The molecule has 1 unspecified atom stereocenters. The summed E-state index contributed by atoms with van der Waals surface area (Å²) in [5, 5.41) is 13.1. The van der Waals surface area contributed by atoms with Gasteiger partial charge in [0.15, 0.2) is 0 Å². The van der Waals surface area contributed by atoms with E-state index < -0.39 is 4.92 Å². The molecule has 0 bridgehead atoms. The first-order chi connectivity index (χ1) is 10.1. The summed E-state index contributed by atoms with van der Waals surface area (Å²) in [7, 11) is 0. The molecule has 0 aliphatic carbocycles. The summed E-state index contributed by atoms with van der Waals surface area (Å²) in [4.78, 5) is 14.4. The molecule has 1 aliphatic rings. The second-order valence-electron chi connectivity index (χ2n) is 5.35. The van der Waals surface area contributed by atoms with Crippen LogP contribution in [0.5, 0.6) is 0 Å². The van der Waals surface area contributed by atoms with Crippen LogP contribution in [-0.4, -0.2) is 16.4 Å². The largest absolute Gasteiger partial charge is 0.393 e. The molecule has 0 saturated heterocycles. The number of nitro groups is 1. The maximum absolute atomic E-state index is 11.0. The number of nitrogens with two attached hydrogens (primary N) is 1. The molecule has 0 spiro atoms. The molecule has 5 nitrogen and oxygen atoms in total. The van der Waals surface area contributed by atoms with Crippen molar-refractivity contribution in [2.45, 2.75) is 25.9 Å². The highest BCUT2D eigenvalue weighted by Crippen LogP contribution is 2.34. The van der Waals surface area contributed by atoms with E-state index >= 15 is 0 Å². The minimum absolute atomic E-state index is 0.00613. The SMILES string of the molecule is CC1c2ccsc2CCN1Cc1ccc(N)c([N+](=O)[O-])c1. The third kappa shape index (κ3) is 2.64. The third-order valence-electron chi connectivity index (χ3n) is 4.08. The van der Waals surface area contributed by atoms with Crippen LogP contribution in [0.15, 0.2) is 29.6 Å². The minimum atomic E-state index is -0.421. The molecule has 1 aromatic heterocycles. The standard InChI is InChI=1S/C15H17N3O2S/c1-10-12-5-7-21-15(12)4-6-17(10)9-11-2-3-13(16)14(8-11)18(19)20/h2-3,5,7-8,10H,4,6,9,16H2,1H3. The topological polar surface area (TPSA) is 72.4 Å². The van der Waals surface area contributed by atoms with Gasteiger partial charge in [-0.2, -0.15) is 0 Å². The van der Waals surface area contributed by atoms with Gasteiger partial charge >= 0.3 is 0 Å². The first kappa shape index (κ1) is 14.0. The summed E-state index contributed by atoms with van der Waals surface area (Å²) in [5.74, 6) is 0. The molecular weight excluding hydrogens is 286 g/mol. The third-order valence-corrected chi connectivity index (χ3v) is 5.08. The minimum Gasteiger partial charge on any atom is -0.393 e. The van der Waals surface area contributed by atoms with Gasteiger partial charge in [0, 0.05) is 30.1 Å². The van der Waals surface area contributed by atoms with Gasteiger partial charge in [-0.05, 0) is 42.0 Å². The van der Waals surface area contributed by atoms with E-state index in [0.717, 1.165) is 18.5 Å². The van der Waals surface area contributed by atoms with Crippen LogP contribution >= 0.6 is 11.3 Å². The zero-order valence-corrected chi connectivity index (χ0v) is 12.6. The Morgan fingerprint density at radius 2 is 2.29 bits per heavy atom. The lowest BCUT2D eigenvalue weighted by Crippen LogP contribution is -2.32. The predicted octanol–water partition coefficient (Wildman–Crippen LogP) is 3.36. The fourth-order valence-electron chi connectivity index (χ4n) is 2.86. The van der Waals surface area contributed by atoms with Gasteiger partial charge in [-0.25, -0.2) is 0 Å². The first-order valence-corrected chi connectivity index (χ1v) is 7.77. The van der Waals surface area contributed by atoms with Crippen LogP contribution in [0.25, 0.3) is 0 Å². The van der Waals surface area contributed by atoms with Gasteiger partial charge in [-0.3, -0.25) is 15.0 Å². The lowest BCUT2D eigenvalue weighted by molar-refractivity contribution is -0.384. The van der Waals surface area contributed by atoms with E-state index in [9.17, 15) is 10.1 Å². The molecule has 0 radical (unpaired) electrons. The molecule has 2 heterocycles.